The van der Waals surface area contributed by atoms with Crippen molar-refractivity contribution in [3.05, 3.63) is 58.9 Å². The number of nitrogens with zero attached hydrogens (tertiary/aromatic N) is 2. The number of nitrogens with one attached hydrogen (secondary N) is 1. The summed E-state index contributed by atoms with van der Waals surface area (Å²) >= 11 is 1.22. The summed E-state index contributed by atoms with van der Waals surface area (Å²) in [5.74, 6) is 0.612. The van der Waals surface area contributed by atoms with Gasteiger partial charge in [-0.1, -0.05) is 23.9 Å². The quantitative estimate of drug-likeness (QED) is 0.199. The van der Waals surface area contributed by atoms with Crippen LogP contribution in [0.15, 0.2) is 62.9 Å². The van der Waals surface area contributed by atoms with Crippen molar-refractivity contribution in [3.8, 4) is 5.75 Å². The van der Waals surface area contributed by atoms with Crippen molar-refractivity contribution < 1.29 is 18.7 Å². The molecule has 34 heavy (non-hydrogen) atoms. The van der Waals surface area contributed by atoms with Crippen molar-refractivity contribution in [2.75, 3.05) is 24.8 Å². The SMILES string of the molecule is COc1ccc(NC(=O)CSc2nc3c(oc4ccccc43)c(=O)n2CCCOC(C)C)cc1. The van der Waals surface area contributed by atoms with E-state index in [-0.39, 0.29) is 28.9 Å². The highest BCUT2D eigenvalue weighted by Crippen LogP contribution is 2.27. The van der Waals surface area contributed by atoms with Crippen LogP contribution in [0, 0.1) is 0 Å². The topological polar surface area (TPSA) is 95.6 Å². The first-order valence-corrected chi connectivity index (χ1v) is 12.0. The molecule has 2 aromatic heterocycles. The minimum Gasteiger partial charge on any atom is -0.497 e. The maximum absolute atomic E-state index is 13.3. The lowest BCUT2D eigenvalue weighted by Crippen LogP contribution is -2.24. The molecule has 1 N–H and O–H groups in total. The van der Waals surface area contributed by atoms with Gasteiger partial charge in [-0.05, 0) is 56.7 Å². The molecule has 0 fully saturated rings. The maximum atomic E-state index is 13.3. The lowest BCUT2D eigenvalue weighted by atomic mass is 10.2. The van der Waals surface area contributed by atoms with Crippen LogP contribution in [0.5, 0.6) is 5.75 Å². The summed E-state index contributed by atoms with van der Waals surface area (Å²) in [5, 5.41) is 4.10. The van der Waals surface area contributed by atoms with Crippen LogP contribution in [0.3, 0.4) is 0 Å². The molecule has 0 unspecified atom stereocenters. The van der Waals surface area contributed by atoms with Gasteiger partial charge in [-0.3, -0.25) is 14.2 Å². The van der Waals surface area contributed by atoms with E-state index < -0.39 is 0 Å². The van der Waals surface area contributed by atoms with E-state index in [1.165, 1.54) is 11.8 Å². The fourth-order valence-electron chi connectivity index (χ4n) is 3.50. The summed E-state index contributed by atoms with van der Waals surface area (Å²) in [5.41, 5.74) is 1.74. The Hall–Kier alpha value is -3.30. The molecular formula is C25H27N3O5S. The Morgan fingerprint density at radius 1 is 1.18 bits per heavy atom. The van der Waals surface area contributed by atoms with E-state index in [9.17, 15) is 9.59 Å². The number of thioether (sulfide) groups is 1. The zero-order chi connectivity index (χ0) is 24.1. The number of amides is 1. The molecule has 0 bridgehead atoms. The van der Waals surface area contributed by atoms with Gasteiger partial charge in [0.15, 0.2) is 5.16 Å². The molecule has 1 amide bonds. The molecule has 8 nitrogen and oxygen atoms in total. The highest BCUT2D eigenvalue weighted by atomic mass is 32.2. The summed E-state index contributed by atoms with van der Waals surface area (Å²) in [6.45, 7) is 4.87. The number of carbonyl (C=O) groups is 1. The molecule has 0 spiro atoms. The lowest BCUT2D eigenvalue weighted by molar-refractivity contribution is -0.113. The third-order valence-electron chi connectivity index (χ3n) is 5.13. The number of rotatable bonds is 10. The third kappa shape index (κ3) is 5.43. The molecule has 4 aromatic rings. The zero-order valence-corrected chi connectivity index (χ0v) is 20.2. The number of aromatic nitrogens is 2. The average Bonchev–Trinajstić information content (AvgIpc) is 3.21. The Labute approximate surface area is 201 Å². The van der Waals surface area contributed by atoms with Gasteiger partial charge in [-0.15, -0.1) is 0 Å². The molecule has 178 valence electrons. The normalized spacial score (nSPS) is 11.4. The second-order valence-electron chi connectivity index (χ2n) is 7.97. The van der Waals surface area contributed by atoms with Crippen molar-refractivity contribution in [2.45, 2.75) is 38.1 Å². The number of ether oxygens (including phenoxy) is 2. The van der Waals surface area contributed by atoms with Gasteiger partial charge in [0.25, 0.3) is 5.56 Å². The van der Waals surface area contributed by atoms with Gasteiger partial charge in [-0.25, -0.2) is 4.98 Å². The van der Waals surface area contributed by atoms with E-state index in [4.69, 9.17) is 18.9 Å². The number of hydrogen-bond donors (Lipinski definition) is 1. The number of benzene rings is 2. The number of furan rings is 1. The lowest BCUT2D eigenvalue weighted by Gasteiger charge is -2.13. The summed E-state index contributed by atoms with van der Waals surface area (Å²) in [4.78, 5) is 30.6. The Kier molecular flexibility index (Phi) is 7.54. The highest BCUT2D eigenvalue weighted by Gasteiger charge is 2.18. The van der Waals surface area contributed by atoms with Crippen LogP contribution in [0.2, 0.25) is 0 Å². The number of methoxy groups -OCH3 is 1. The molecule has 0 radical (unpaired) electrons. The summed E-state index contributed by atoms with van der Waals surface area (Å²) < 4.78 is 18.2. The second-order valence-corrected chi connectivity index (χ2v) is 8.91. The molecule has 0 saturated heterocycles. The van der Waals surface area contributed by atoms with E-state index in [0.717, 1.165) is 5.39 Å². The van der Waals surface area contributed by atoms with Crippen LogP contribution in [0.25, 0.3) is 22.1 Å². The molecule has 0 atom stereocenters. The largest absolute Gasteiger partial charge is 0.497 e. The predicted octanol–water partition coefficient (Wildman–Crippen LogP) is 4.70. The Morgan fingerprint density at radius 2 is 1.94 bits per heavy atom. The molecule has 0 saturated carbocycles. The smallest absolute Gasteiger partial charge is 0.297 e. The molecule has 2 heterocycles. The number of fused-ring (bicyclic) bond motifs is 3. The van der Waals surface area contributed by atoms with Crippen LogP contribution in [0.4, 0.5) is 5.69 Å². The van der Waals surface area contributed by atoms with Gasteiger partial charge >= 0.3 is 0 Å². The summed E-state index contributed by atoms with van der Waals surface area (Å²) in [7, 11) is 1.59. The van der Waals surface area contributed by atoms with Gasteiger partial charge < -0.3 is 19.2 Å². The molecule has 2 aromatic carbocycles. The summed E-state index contributed by atoms with van der Waals surface area (Å²) in [6.07, 6.45) is 0.750. The van der Waals surface area contributed by atoms with Gasteiger partial charge in [-0.2, -0.15) is 0 Å². The standard InChI is InChI=1S/C25H27N3O5S/c1-16(2)32-14-6-13-28-24(30)23-22(19-7-4-5-8-20(19)33-23)27-25(28)34-15-21(29)26-17-9-11-18(31-3)12-10-17/h4-5,7-12,16H,6,13-15H2,1-3H3,(H,26,29). The van der Waals surface area contributed by atoms with Gasteiger partial charge in [0.1, 0.15) is 16.8 Å². The van der Waals surface area contributed by atoms with E-state index in [0.29, 0.717) is 47.3 Å². The van der Waals surface area contributed by atoms with Crippen LogP contribution in [-0.4, -0.2) is 41.0 Å². The molecule has 0 aliphatic rings. The van der Waals surface area contributed by atoms with Gasteiger partial charge in [0.05, 0.1) is 19.0 Å². The fraction of sp³-hybridized carbons (Fsp3) is 0.320. The zero-order valence-electron chi connectivity index (χ0n) is 19.4. The van der Waals surface area contributed by atoms with Gasteiger partial charge in [0.2, 0.25) is 11.5 Å². The second kappa shape index (κ2) is 10.8. The van der Waals surface area contributed by atoms with Crippen molar-refractivity contribution in [1.82, 2.24) is 9.55 Å². The minimum atomic E-state index is -0.260. The van der Waals surface area contributed by atoms with E-state index in [1.54, 1.807) is 35.9 Å². The Bertz CT molecular complexity index is 1340. The molecule has 0 aliphatic heterocycles. The molecule has 9 heteroatoms. The first-order chi connectivity index (χ1) is 16.5. The van der Waals surface area contributed by atoms with Crippen LogP contribution >= 0.6 is 11.8 Å². The summed E-state index contributed by atoms with van der Waals surface area (Å²) in [6, 6.07) is 14.5. The highest BCUT2D eigenvalue weighted by molar-refractivity contribution is 7.99. The first-order valence-electron chi connectivity index (χ1n) is 11.1. The maximum Gasteiger partial charge on any atom is 0.297 e. The van der Waals surface area contributed by atoms with E-state index in [2.05, 4.69) is 5.32 Å². The van der Waals surface area contributed by atoms with Gasteiger partial charge in [0, 0.05) is 24.2 Å². The van der Waals surface area contributed by atoms with E-state index in [1.807, 2.05) is 38.1 Å². The number of hydrogen-bond acceptors (Lipinski definition) is 7. The number of anilines is 1. The molecule has 0 aliphatic carbocycles. The van der Waals surface area contributed by atoms with Crippen molar-refractivity contribution in [3.63, 3.8) is 0 Å². The third-order valence-corrected chi connectivity index (χ3v) is 6.11. The number of carbonyl (C=O) groups excluding carboxylic acids is 1. The monoisotopic (exact) mass is 481 g/mol. The predicted molar refractivity (Wildman–Crippen MR) is 134 cm³/mol. The molecular weight excluding hydrogens is 454 g/mol. The van der Waals surface area contributed by atoms with Crippen LogP contribution in [0.1, 0.15) is 20.3 Å². The average molecular weight is 482 g/mol. The first kappa shape index (κ1) is 23.8. The van der Waals surface area contributed by atoms with Crippen LogP contribution < -0.4 is 15.6 Å². The van der Waals surface area contributed by atoms with Crippen LogP contribution in [-0.2, 0) is 16.1 Å². The van der Waals surface area contributed by atoms with Crippen molar-refractivity contribution in [1.29, 1.82) is 0 Å². The van der Waals surface area contributed by atoms with Crippen molar-refractivity contribution >= 4 is 45.4 Å². The minimum absolute atomic E-state index is 0.0995. The Balaban J connectivity index is 1.57. The fourth-order valence-corrected chi connectivity index (χ4v) is 4.32. The number of para-hydroxylation sites is 1. The van der Waals surface area contributed by atoms with Crippen molar-refractivity contribution in [2.24, 2.45) is 0 Å². The van der Waals surface area contributed by atoms with E-state index >= 15 is 0 Å². The Morgan fingerprint density at radius 3 is 2.68 bits per heavy atom. The molecule has 4 rings (SSSR count).